The number of allylic oxidation sites excluding steroid dienone is 2. The second-order valence-corrected chi connectivity index (χ2v) is 12.4. The summed E-state index contributed by atoms with van der Waals surface area (Å²) in [5.41, 5.74) is 5.25. The molecule has 1 aliphatic rings. The Kier molecular flexibility index (Phi) is 13.7. The number of unbranched alkanes of at least 4 members (excludes halogenated alkanes) is 6. The van der Waals surface area contributed by atoms with E-state index >= 15 is 0 Å². The minimum atomic E-state index is -0.0160. The van der Waals surface area contributed by atoms with Gasteiger partial charge in [0.2, 0.25) is 0 Å². The van der Waals surface area contributed by atoms with Crippen LogP contribution in [0, 0.1) is 5.41 Å². The van der Waals surface area contributed by atoms with E-state index in [1.54, 1.807) is 0 Å². The molecule has 0 N–H and O–H groups in total. The summed E-state index contributed by atoms with van der Waals surface area (Å²) < 4.78 is 14.9. The highest BCUT2D eigenvalue weighted by Gasteiger charge is 2.40. The minimum absolute atomic E-state index is 0.0160. The maximum atomic E-state index is 6.34. The van der Waals surface area contributed by atoms with Crippen LogP contribution in [0.5, 0.6) is 0 Å². The van der Waals surface area contributed by atoms with Crippen molar-refractivity contribution in [1.82, 2.24) is 0 Å². The van der Waals surface area contributed by atoms with E-state index in [0.29, 0.717) is 0 Å². The average Bonchev–Trinajstić information content (AvgIpc) is 3.23. The quantitative estimate of drug-likeness (QED) is 0.172. The molecule has 37 heavy (non-hydrogen) atoms. The topological polar surface area (TPSA) is 18.5 Å². The Balaban J connectivity index is 1.81. The minimum Gasteiger partial charge on any atom is -0.381 e. The zero-order valence-corrected chi connectivity index (χ0v) is 25.9. The first-order chi connectivity index (χ1) is 18.0. The maximum Gasteiger partial charge on any atom is 0.0550 e. The molecule has 0 amide bonds. The molecule has 0 aromatic heterocycles. The van der Waals surface area contributed by atoms with Gasteiger partial charge in [0.05, 0.1) is 13.2 Å². The zero-order chi connectivity index (χ0) is 26.3. The van der Waals surface area contributed by atoms with Crippen LogP contribution in [0.1, 0.15) is 89.2 Å². The Morgan fingerprint density at radius 1 is 0.622 bits per heavy atom. The molecular formula is C33H44Br2O2. The van der Waals surface area contributed by atoms with Crippen molar-refractivity contribution in [3.05, 3.63) is 79.7 Å². The van der Waals surface area contributed by atoms with Crippen molar-refractivity contribution >= 4 is 44.0 Å². The summed E-state index contributed by atoms with van der Waals surface area (Å²) in [5, 5.41) is 0. The van der Waals surface area contributed by atoms with E-state index in [4.69, 9.17) is 9.47 Å². The Bertz CT molecular complexity index is 895. The molecule has 0 spiro atoms. The van der Waals surface area contributed by atoms with Gasteiger partial charge in [-0.15, -0.1) is 0 Å². The van der Waals surface area contributed by atoms with Crippen molar-refractivity contribution in [3.8, 4) is 0 Å². The smallest absolute Gasteiger partial charge is 0.0550 e. The number of rotatable bonds is 16. The highest BCUT2D eigenvalue weighted by atomic mass is 79.9. The molecule has 0 atom stereocenters. The van der Waals surface area contributed by atoms with E-state index in [2.05, 4.69) is 106 Å². The van der Waals surface area contributed by atoms with E-state index in [1.807, 2.05) is 0 Å². The highest BCUT2D eigenvalue weighted by molar-refractivity contribution is 9.10. The van der Waals surface area contributed by atoms with Crippen LogP contribution in [0.4, 0.5) is 0 Å². The Morgan fingerprint density at radius 2 is 1.03 bits per heavy atom. The molecule has 2 aromatic carbocycles. The van der Waals surface area contributed by atoms with Gasteiger partial charge in [-0.1, -0.05) is 121 Å². The Morgan fingerprint density at radius 3 is 1.41 bits per heavy atom. The first-order valence-corrected chi connectivity index (χ1v) is 15.7. The fourth-order valence-electron chi connectivity index (χ4n) is 4.99. The summed E-state index contributed by atoms with van der Waals surface area (Å²) >= 11 is 7.14. The van der Waals surface area contributed by atoms with Crippen molar-refractivity contribution in [1.29, 1.82) is 0 Å². The number of benzene rings is 2. The van der Waals surface area contributed by atoms with Gasteiger partial charge >= 0.3 is 0 Å². The lowest BCUT2D eigenvalue weighted by atomic mass is 9.87. The summed E-state index contributed by atoms with van der Waals surface area (Å²) in [6, 6.07) is 17.2. The molecule has 1 saturated carbocycles. The van der Waals surface area contributed by atoms with Gasteiger partial charge in [0, 0.05) is 27.6 Å². The van der Waals surface area contributed by atoms with Crippen molar-refractivity contribution in [2.45, 2.75) is 78.1 Å². The maximum absolute atomic E-state index is 6.34. The molecule has 0 unspecified atom stereocenters. The lowest BCUT2D eigenvalue weighted by Crippen LogP contribution is -2.30. The van der Waals surface area contributed by atoms with Crippen LogP contribution in [-0.2, 0) is 9.47 Å². The third-order valence-electron chi connectivity index (χ3n) is 7.07. The molecule has 4 heteroatoms. The fraction of sp³-hybridized carbons (Fsp3) is 0.515. The Labute approximate surface area is 242 Å². The Hall–Kier alpha value is -1.20. The van der Waals surface area contributed by atoms with E-state index in [9.17, 15) is 0 Å². The van der Waals surface area contributed by atoms with Crippen LogP contribution in [0.25, 0.3) is 12.2 Å². The van der Waals surface area contributed by atoms with E-state index in [0.717, 1.165) is 61.1 Å². The summed E-state index contributed by atoms with van der Waals surface area (Å²) in [7, 11) is 0. The van der Waals surface area contributed by atoms with Crippen LogP contribution in [-0.4, -0.2) is 26.4 Å². The van der Waals surface area contributed by atoms with E-state index < -0.39 is 0 Å². The lowest BCUT2D eigenvalue weighted by Gasteiger charge is -2.28. The molecule has 2 aromatic rings. The molecule has 202 valence electrons. The van der Waals surface area contributed by atoms with Crippen molar-refractivity contribution < 1.29 is 9.47 Å². The van der Waals surface area contributed by atoms with Crippen LogP contribution >= 0.6 is 31.9 Å². The highest BCUT2D eigenvalue weighted by Crippen LogP contribution is 2.47. The van der Waals surface area contributed by atoms with Crippen molar-refractivity contribution in [2.75, 3.05) is 26.4 Å². The standard InChI is InChI=1S/C33H44Br2O2/c1-3-5-7-9-19-36-25-33(26-37-20-10-8-6-4-2)23-29(21-27-11-15-31(34)16-12-27)30(24-33)22-28-13-17-32(35)18-14-28/h11-18,21-22H,3-10,19-20,23-26H2,1-2H3. The van der Waals surface area contributed by atoms with Gasteiger partial charge in [0.15, 0.2) is 0 Å². The van der Waals surface area contributed by atoms with E-state index in [1.165, 1.54) is 60.8 Å². The first kappa shape index (κ1) is 30.3. The van der Waals surface area contributed by atoms with Gasteiger partial charge < -0.3 is 9.47 Å². The SMILES string of the molecule is CCCCCCOCC1(COCCCCCC)CC(=Cc2ccc(Br)cc2)C(=Cc2ccc(Br)cc2)C1. The zero-order valence-electron chi connectivity index (χ0n) is 22.7. The average molecular weight is 633 g/mol. The molecule has 0 radical (unpaired) electrons. The number of ether oxygens (including phenoxy) is 2. The van der Waals surface area contributed by atoms with Gasteiger partial charge in [-0.2, -0.15) is 0 Å². The van der Waals surface area contributed by atoms with Crippen LogP contribution in [0.3, 0.4) is 0 Å². The summed E-state index contributed by atoms with van der Waals surface area (Å²) in [4.78, 5) is 0. The molecule has 0 saturated heterocycles. The second kappa shape index (κ2) is 16.7. The summed E-state index contributed by atoms with van der Waals surface area (Å²) in [5.74, 6) is 0. The lowest BCUT2D eigenvalue weighted by molar-refractivity contribution is -0.0173. The molecule has 0 aliphatic heterocycles. The molecule has 0 bridgehead atoms. The molecule has 0 heterocycles. The molecule has 3 rings (SSSR count). The predicted molar refractivity (Wildman–Crippen MR) is 166 cm³/mol. The molecule has 1 fully saturated rings. The fourth-order valence-corrected chi connectivity index (χ4v) is 5.52. The number of hydrogen-bond acceptors (Lipinski definition) is 2. The predicted octanol–water partition coefficient (Wildman–Crippen LogP) is 10.7. The molecule has 1 aliphatic carbocycles. The largest absolute Gasteiger partial charge is 0.381 e. The molecular weight excluding hydrogens is 588 g/mol. The van der Waals surface area contributed by atoms with Crippen LogP contribution < -0.4 is 0 Å². The summed E-state index contributed by atoms with van der Waals surface area (Å²) in [6.07, 6.45) is 16.6. The van der Waals surface area contributed by atoms with E-state index in [-0.39, 0.29) is 5.41 Å². The van der Waals surface area contributed by atoms with Gasteiger partial charge in [-0.05, 0) is 72.2 Å². The monoisotopic (exact) mass is 630 g/mol. The number of hydrogen-bond donors (Lipinski definition) is 0. The first-order valence-electron chi connectivity index (χ1n) is 14.1. The molecule has 2 nitrogen and oxygen atoms in total. The summed E-state index contributed by atoms with van der Waals surface area (Å²) in [6.45, 7) is 7.70. The normalized spacial score (nSPS) is 17.2. The van der Waals surface area contributed by atoms with Gasteiger partial charge in [0.1, 0.15) is 0 Å². The second-order valence-electron chi connectivity index (χ2n) is 10.5. The third kappa shape index (κ3) is 10.8. The van der Waals surface area contributed by atoms with Gasteiger partial charge in [-0.25, -0.2) is 0 Å². The van der Waals surface area contributed by atoms with Crippen LogP contribution in [0.2, 0.25) is 0 Å². The number of halogens is 2. The van der Waals surface area contributed by atoms with Crippen molar-refractivity contribution in [3.63, 3.8) is 0 Å². The van der Waals surface area contributed by atoms with Gasteiger partial charge in [0.25, 0.3) is 0 Å². The van der Waals surface area contributed by atoms with Crippen LogP contribution in [0.15, 0.2) is 68.6 Å². The third-order valence-corrected chi connectivity index (χ3v) is 8.12. The van der Waals surface area contributed by atoms with Gasteiger partial charge in [-0.3, -0.25) is 0 Å². The van der Waals surface area contributed by atoms with Crippen molar-refractivity contribution in [2.24, 2.45) is 5.41 Å².